The number of ether oxygens (including phenoxy) is 2. The van der Waals surface area contributed by atoms with Crippen LogP contribution in [0, 0.1) is 5.92 Å². The number of rotatable bonds is 4. The summed E-state index contributed by atoms with van der Waals surface area (Å²) < 4.78 is 10.7. The summed E-state index contributed by atoms with van der Waals surface area (Å²) in [6, 6.07) is 14.7. The molecule has 6 heteroatoms. The van der Waals surface area contributed by atoms with E-state index in [4.69, 9.17) is 9.47 Å². The van der Waals surface area contributed by atoms with E-state index in [-0.39, 0.29) is 30.5 Å². The van der Waals surface area contributed by atoms with E-state index >= 15 is 0 Å². The van der Waals surface area contributed by atoms with Gasteiger partial charge in [-0.15, -0.1) is 0 Å². The molecule has 3 atom stereocenters. The van der Waals surface area contributed by atoms with Crippen molar-refractivity contribution in [2.24, 2.45) is 5.92 Å². The molecule has 1 aliphatic heterocycles. The molecule has 2 aromatic carbocycles. The molecule has 0 aromatic heterocycles. The summed E-state index contributed by atoms with van der Waals surface area (Å²) in [5.74, 6) is 0.636. The molecule has 2 unspecified atom stereocenters. The first-order chi connectivity index (χ1) is 13.4. The second-order valence-corrected chi connectivity index (χ2v) is 7.10. The topological polar surface area (TPSA) is 67.9 Å². The summed E-state index contributed by atoms with van der Waals surface area (Å²) in [5.41, 5.74) is 2.55. The summed E-state index contributed by atoms with van der Waals surface area (Å²) in [6.07, 6.45) is -0.488. The quantitative estimate of drug-likeness (QED) is 0.866. The number of nitrogens with zero attached hydrogens (tertiary/aromatic N) is 1. The zero-order valence-corrected chi connectivity index (χ0v) is 16.6. The van der Waals surface area contributed by atoms with Crippen molar-refractivity contribution < 1.29 is 19.1 Å². The van der Waals surface area contributed by atoms with Gasteiger partial charge in [0.1, 0.15) is 12.4 Å². The lowest BCUT2D eigenvalue weighted by Crippen LogP contribution is -2.50. The number of hydrogen-bond donors (Lipinski definition) is 1. The zero-order chi connectivity index (χ0) is 20.3. The van der Waals surface area contributed by atoms with E-state index in [9.17, 15) is 9.59 Å². The highest BCUT2D eigenvalue weighted by atomic mass is 16.5. The Bertz CT molecular complexity index is 853. The number of amides is 2. The Morgan fingerprint density at radius 1 is 1.11 bits per heavy atom. The highest BCUT2D eigenvalue weighted by Crippen LogP contribution is 2.42. The minimum absolute atomic E-state index is 0.00668. The third-order valence-electron chi connectivity index (χ3n) is 5.35. The van der Waals surface area contributed by atoms with Crippen molar-refractivity contribution in [3.8, 4) is 5.75 Å². The average Bonchev–Trinajstić information content (AvgIpc) is 2.70. The van der Waals surface area contributed by atoms with Crippen LogP contribution in [0.1, 0.15) is 37.9 Å². The van der Waals surface area contributed by atoms with E-state index in [1.54, 1.807) is 18.9 Å². The zero-order valence-electron chi connectivity index (χ0n) is 16.6. The molecule has 28 heavy (non-hydrogen) atoms. The van der Waals surface area contributed by atoms with Gasteiger partial charge in [0.25, 0.3) is 0 Å². The third-order valence-corrected chi connectivity index (χ3v) is 5.35. The van der Waals surface area contributed by atoms with Gasteiger partial charge in [-0.25, -0.2) is 4.79 Å². The van der Waals surface area contributed by atoms with Crippen LogP contribution in [0.3, 0.4) is 0 Å². The smallest absolute Gasteiger partial charge is 0.407 e. The van der Waals surface area contributed by atoms with Crippen molar-refractivity contribution >= 4 is 17.7 Å². The maximum atomic E-state index is 12.5. The second kappa shape index (κ2) is 8.33. The largest absolute Gasteiger partial charge is 0.497 e. The van der Waals surface area contributed by atoms with Crippen LogP contribution in [0.25, 0.3) is 0 Å². The minimum Gasteiger partial charge on any atom is -0.497 e. The average molecular weight is 382 g/mol. The SMILES string of the molecule is COc1ccc2c(c1)C(NC(=O)OCc1ccccc1)C(C)[C@H](C)N2C(C)=O. The number of hydrogen-bond acceptors (Lipinski definition) is 4. The number of benzene rings is 2. The third kappa shape index (κ3) is 3.96. The molecule has 0 saturated heterocycles. The maximum Gasteiger partial charge on any atom is 0.407 e. The highest BCUT2D eigenvalue weighted by molar-refractivity contribution is 5.94. The van der Waals surface area contributed by atoms with Gasteiger partial charge >= 0.3 is 6.09 Å². The van der Waals surface area contributed by atoms with Crippen LogP contribution in [0.15, 0.2) is 48.5 Å². The van der Waals surface area contributed by atoms with Gasteiger partial charge in [0.15, 0.2) is 0 Å². The normalized spacial score (nSPS) is 20.9. The molecule has 6 nitrogen and oxygen atoms in total. The number of carbonyl (C=O) groups is 2. The van der Waals surface area contributed by atoms with Crippen LogP contribution in [-0.4, -0.2) is 25.2 Å². The summed E-state index contributed by atoms with van der Waals surface area (Å²) in [5, 5.41) is 2.98. The summed E-state index contributed by atoms with van der Waals surface area (Å²) in [4.78, 5) is 26.5. The van der Waals surface area contributed by atoms with Gasteiger partial charge in [-0.2, -0.15) is 0 Å². The number of alkyl carbamates (subject to hydrolysis) is 1. The molecule has 2 aromatic rings. The van der Waals surface area contributed by atoms with Crippen LogP contribution in [0.5, 0.6) is 5.75 Å². The summed E-state index contributed by atoms with van der Waals surface area (Å²) in [7, 11) is 1.59. The molecule has 2 amide bonds. The Kier molecular flexibility index (Phi) is 5.87. The van der Waals surface area contributed by atoms with Crippen LogP contribution in [-0.2, 0) is 16.1 Å². The summed E-state index contributed by atoms with van der Waals surface area (Å²) >= 11 is 0. The van der Waals surface area contributed by atoms with Crippen LogP contribution in [0.4, 0.5) is 10.5 Å². The van der Waals surface area contributed by atoms with Gasteiger partial charge in [-0.3, -0.25) is 4.79 Å². The van der Waals surface area contributed by atoms with Crippen molar-refractivity contribution in [2.45, 2.75) is 39.5 Å². The van der Waals surface area contributed by atoms with Gasteiger partial charge in [0.2, 0.25) is 5.91 Å². The first-order valence-corrected chi connectivity index (χ1v) is 9.37. The Hall–Kier alpha value is -3.02. The molecule has 0 aliphatic carbocycles. The van der Waals surface area contributed by atoms with Gasteiger partial charge in [0, 0.05) is 30.1 Å². The number of carbonyl (C=O) groups excluding carboxylic acids is 2. The van der Waals surface area contributed by atoms with Gasteiger partial charge < -0.3 is 19.7 Å². The fourth-order valence-corrected chi connectivity index (χ4v) is 3.70. The van der Waals surface area contributed by atoms with Gasteiger partial charge in [-0.05, 0) is 30.7 Å². The van der Waals surface area contributed by atoms with Crippen molar-refractivity contribution in [2.75, 3.05) is 12.0 Å². The first-order valence-electron chi connectivity index (χ1n) is 9.37. The fourth-order valence-electron chi connectivity index (χ4n) is 3.70. The van der Waals surface area contributed by atoms with Gasteiger partial charge in [-0.1, -0.05) is 37.3 Å². The fraction of sp³-hybridized carbons (Fsp3) is 0.364. The lowest BCUT2D eigenvalue weighted by Gasteiger charge is -2.43. The number of methoxy groups -OCH3 is 1. The number of anilines is 1. The highest BCUT2D eigenvalue weighted by Gasteiger charge is 2.39. The predicted octanol–water partition coefficient (Wildman–Crippen LogP) is 4.05. The Labute approximate surface area is 165 Å². The Morgan fingerprint density at radius 2 is 1.82 bits per heavy atom. The van der Waals surface area contributed by atoms with Crippen molar-refractivity contribution in [1.82, 2.24) is 5.32 Å². The molecule has 1 N–H and O–H groups in total. The second-order valence-electron chi connectivity index (χ2n) is 7.10. The lowest BCUT2D eigenvalue weighted by atomic mass is 9.83. The summed E-state index contributed by atoms with van der Waals surface area (Å²) in [6.45, 7) is 5.77. The van der Waals surface area contributed by atoms with Crippen molar-refractivity contribution in [3.63, 3.8) is 0 Å². The molecule has 0 bridgehead atoms. The van der Waals surface area contributed by atoms with Crippen LogP contribution in [0.2, 0.25) is 0 Å². The molecule has 0 spiro atoms. The maximum absolute atomic E-state index is 12.5. The van der Waals surface area contributed by atoms with E-state index in [2.05, 4.69) is 5.32 Å². The van der Waals surface area contributed by atoms with Crippen molar-refractivity contribution in [1.29, 1.82) is 0 Å². The monoisotopic (exact) mass is 382 g/mol. The number of fused-ring (bicyclic) bond motifs is 1. The van der Waals surface area contributed by atoms with E-state index in [1.165, 1.54) is 0 Å². The van der Waals surface area contributed by atoms with Crippen LogP contribution < -0.4 is 15.0 Å². The molecule has 0 saturated carbocycles. The standard InChI is InChI=1S/C22H26N2O4/c1-14-15(2)24(16(3)25)20-11-10-18(27-4)12-19(20)21(14)23-22(26)28-13-17-8-6-5-7-9-17/h5-12,14-15,21H,13H2,1-4H3,(H,23,26)/t14?,15-,21?/m0/s1. The Balaban J connectivity index is 1.84. The molecule has 0 fully saturated rings. The molecular formula is C22H26N2O4. The van der Waals surface area contributed by atoms with Crippen LogP contribution >= 0.6 is 0 Å². The van der Waals surface area contributed by atoms with Gasteiger partial charge in [0.05, 0.1) is 13.2 Å². The first kappa shape index (κ1) is 19.7. The molecule has 3 rings (SSSR count). The number of nitrogens with one attached hydrogen (secondary N) is 1. The molecule has 1 heterocycles. The Morgan fingerprint density at radius 3 is 2.46 bits per heavy atom. The lowest BCUT2D eigenvalue weighted by molar-refractivity contribution is -0.117. The van der Waals surface area contributed by atoms with E-state index in [0.717, 1.165) is 16.8 Å². The van der Waals surface area contributed by atoms with E-state index in [0.29, 0.717) is 5.75 Å². The predicted molar refractivity (Wildman–Crippen MR) is 107 cm³/mol. The van der Waals surface area contributed by atoms with E-state index in [1.807, 2.05) is 62.4 Å². The van der Waals surface area contributed by atoms with Crippen molar-refractivity contribution in [3.05, 3.63) is 59.7 Å². The molecule has 0 radical (unpaired) electrons. The van der Waals surface area contributed by atoms with E-state index < -0.39 is 6.09 Å². The molecule has 1 aliphatic rings. The molecule has 148 valence electrons. The molecular weight excluding hydrogens is 356 g/mol. The minimum atomic E-state index is -0.488.